The molecule has 0 unspecified atom stereocenters. The molecule has 0 saturated heterocycles. The third-order valence-electron chi connectivity index (χ3n) is 3.36. The second-order valence-corrected chi connectivity index (χ2v) is 5.94. The maximum atomic E-state index is 9.38. The second-order valence-electron chi connectivity index (χ2n) is 5.08. The normalized spacial score (nSPS) is 11.0. The summed E-state index contributed by atoms with van der Waals surface area (Å²) in [6, 6.07) is 20.2. The standard InChI is InChI=1S/C19H15N3S/c1-14-7-9-15(10-8-14)18-13-23-19(22-18)16(11-20)12-21-17-5-3-2-4-6-17/h2-10,12-13,21H,1H3. The van der Waals surface area contributed by atoms with Crippen molar-refractivity contribution in [2.75, 3.05) is 5.32 Å². The lowest BCUT2D eigenvalue weighted by molar-refractivity contribution is 1.36. The van der Waals surface area contributed by atoms with Crippen LogP contribution in [0, 0.1) is 18.3 Å². The number of hydrogen-bond acceptors (Lipinski definition) is 4. The molecule has 0 bridgehead atoms. The molecule has 23 heavy (non-hydrogen) atoms. The van der Waals surface area contributed by atoms with Crippen LogP contribution < -0.4 is 5.32 Å². The first-order valence-corrected chi connectivity index (χ1v) is 8.09. The summed E-state index contributed by atoms with van der Waals surface area (Å²) in [6.07, 6.45) is 1.70. The monoisotopic (exact) mass is 317 g/mol. The molecule has 0 saturated carbocycles. The molecule has 3 nitrogen and oxygen atoms in total. The van der Waals surface area contributed by atoms with Crippen molar-refractivity contribution >= 4 is 22.6 Å². The Hall–Kier alpha value is -2.90. The van der Waals surface area contributed by atoms with Gasteiger partial charge in [0.2, 0.25) is 0 Å². The molecule has 2 aromatic carbocycles. The van der Waals surface area contributed by atoms with Gasteiger partial charge in [-0.05, 0) is 19.1 Å². The van der Waals surface area contributed by atoms with E-state index in [9.17, 15) is 5.26 Å². The van der Waals surface area contributed by atoms with Gasteiger partial charge in [0, 0.05) is 22.8 Å². The van der Waals surface area contributed by atoms with Crippen LogP contribution in [0.25, 0.3) is 16.8 Å². The van der Waals surface area contributed by atoms with Crippen molar-refractivity contribution in [2.45, 2.75) is 6.92 Å². The number of aryl methyl sites for hydroxylation is 1. The van der Waals surface area contributed by atoms with E-state index in [0.29, 0.717) is 10.6 Å². The van der Waals surface area contributed by atoms with E-state index < -0.39 is 0 Å². The molecule has 1 aromatic heterocycles. The fourth-order valence-electron chi connectivity index (χ4n) is 2.09. The number of nitrogens with one attached hydrogen (secondary N) is 1. The molecule has 0 aliphatic carbocycles. The van der Waals surface area contributed by atoms with E-state index in [2.05, 4.69) is 35.4 Å². The Bertz CT molecular complexity index is 856. The molecule has 112 valence electrons. The van der Waals surface area contributed by atoms with E-state index in [1.807, 2.05) is 47.8 Å². The highest BCUT2D eigenvalue weighted by atomic mass is 32.1. The van der Waals surface area contributed by atoms with Crippen molar-refractivity contribution in [1.82, 2.24) is 4.98 Å². The summed E-state index contributed by atoms with van der Waals surface area (Å²) in [4.78, 5) is 4.58. The molecule has 1 N–H and O–H groups in total. The molecular weight excluding hydrogens is 302 g/mol. The van der Waals surface area contributed by atoms with Crippen LogP contribution in [0.1, 0.15) is 10.6 Å². The van der Waals surface area contributed by atoms with Crippen molar-refractivity contribution in [1.29, 1.82) is 5.26 Å². The zero-order chi connectivity index (χ0) is 16.1. The number of allylic oxidation sites excluding steroid dienone is 1. The van der Waals surface area contributed by atoms with Crippen LogP contribution in [0.3, 0.4) is 0 Å². The van der Waals surface area contributed by atoms with Crippen molar-refractivity contribution in [3.8, 4) is 17.3 Å². The Morgan fingerprint density at radius 3 is 2.57 bits per heavy atom. The van der Waals surface area contributed by atoms with Gasteiger partial charge in [-0.25, -0.2) is 4.98 Å². The minimum absolute atomic E-state index is 0.525. The number of benzene rings is 2. The number of nitrogens with zero attached hydrogens (tertiary/aromatic N) is 2. The Balaban J connectivity index is 1.83. The van der Waals surface area contributed by atoms with Gasteiger partial charge in [0.1, 0.15) is 16.6 Å². The van der Waals surface area contributed by atoms with E-state index in [4.69, 9.17) is 0 Å². The minimum Gasteiger partial charge on any atom is -0.360 e. The third kappa shape index (κ3) is 3.65. The highest BCUT2D eigenvalue weighted by Crippen LogP contribution is 2.26. The molecule has 0 atom stereocenters. The van der Waals surface area contributed by atoms with Gasteiger partial charge in [0.15, 0.2) is 0 Å². The minimum atomic E-state index is 0.525. The summed E-state index contributed by atoms with van der Waals surface area (Å²) in [5.74, 6) is 0. The molecular formula is C19H15N3S. The fraction of sp³-hybridized carbons (Fsp3) is 0.0526. The highest BCUT2D eigenvalue weighted by Gasteiger charge is 2.08. The number of anilines is 1. The summed E-state index contributed by atoms with van der Waals surface area (Å²) in [6.45, 7) is 2.06. The molecule has 0 amide bonds. The first-order chi connectivity index (χ1) is 11.3. The predicted octanol–water partition coefficient (Wildman–Crippen LogP) is 5.10. The maximum Gasteiger partial charge on any atom is 0.136 e. The van der Waals surface area contributed by atoms with Gasteiger partial charge in [-0.3, -0.25) is 0 Å². The average molecular weight is 317 g/mol. The summed E-state index contributed by atoms with van der Waals surface area (Å²) in [5, 5.41) is 15.2. The Kier molecular flexibility index (Phi) is 4.51. The molecule has 1 heterocycles. The lowest BCUT2D eigenvalue weighted by atomic mass is 10.1. The van der Waals surface area contributed by atoms with Gasteiger partial charge in [0.05, 0.1) is 5.69 Å². The highest BCUT2D eigenvalue weighted by molar-refractivity contribution is 7.11. The molecule has 0 radical (unpaired) electrons. The quantitative estimate of drug-likeness (QED) is 0.681. The lowest BCUT2D eigenvalue weighted by Gasteiger charge is -2.00. The second kappa shape index (κ2) is 6.91. The van der Waals surface area contributed by atoms with Gasteiger partial charge >= 0.3 is 0 Å². The summed E-state index contributed by atoms with van der Waals surface area (Å²) < 4.78 is 0. The van der Waals surface area contributed by atoms with Crippen LogP contribution in [0.15, 0.2) is 66.2 Å². The van der Waals surface area contributed by atoms with Gasteiger partial charge in [-0.1, -0.05) is 48.0 Å². The fourth-order valence-corrected chi connectivity index (χ4v) is 2.88. The predicted molar refractivity (Wildman–Crippen MR) is 95.9 cm³/mol. The van der Waals surface area contributed by atoms with Gasteiger partial charge in [-0.15, -0.1) is 11.3 Å². The van der Waals surface area contributed by atoms with Crippen LogP contribution in [0.4, 0.5) is 5.69 Å². The molecule has 0 aliphatic rings. The van der Waals surface area contributed by atoms with Crippen LogP contribution in [0.5, 0.6) is 0 Å². The van der Waals surface area contributed by atoms with E-state index >= 15 is 0 Å². The topological polar surface area (TPSA) is 48.7 Å². The molecule has 3 rings (SSSR count). The van der Waals surface area contributed by atoms with Crippen molar-refractivity contribution < 1.29 is 0 Å². The average Bonchev–Trinajstić information content (AvgIpc) is 3.07. The van der Waals surface area contributed by atoms with E-state index in [-0.39, 0.29) is 0 Å². The van der Waals surface area contributed by atoms with Crippen LogP contribution >= 0.6 is 11.3 Å². The Labute approximate surface area is 139 Å². The van der Waals surface area contributed by atoms with Gasteiger partial charge in [-0.2, -0.15) is 5.26 Å². The number of rotatable bonds is 4. The Morgan fingerprint density at radius 1 is 1.13 bits per heavy atom. The number of thiazole rings is 1. The Morgan fingerprint density at radius 2 is 1.87 bits per heavy atom. The number of aromatic nitrogens is 1. The molecule has 4 heteroatoms. The van der Waals surface area contributed by atoms with Crippen LogP contribution in [0.2, 0.25) is 0 Å². The molecule has 3 aromatic rings. The van der Waals surface area contributed by atoms with E-state index in [0.717, 1.165) is 16.9 Å². The van der Waals surface area contributed by atoms with Crippen LogP contribution in [-0.4, -0.2) is 4.98 Å². The molecule has 0 spiro atoms. The van der Waals surface area contributed by atoms with Crippen molar-refractivity contribution in [2.24, 2.45) is 0 Å². The summed E-state index contributed by atoms with van der Waals surface area (Å²) in [5.41, 5.74) is 4.64. The number of nitriles is 1. The maximum absolute atomic E-state index is 9.38. The largest absolute Gasteiger partial charge is 0.360 e. The first-order valence-electron chi connectivity index (χ1n) is 7.21. The van der Waals surface area contributed by atoms with Crippen molar-refractivity contribution in [3.63, 3.8) is 0 Å². The first kappa shape index (κ1) is 15.0. The zero-order valence-electron chi connectivity index (χ0n) is 12.7. The number of para-hydroxylation sites is 1. The van der Waals surface area contributed by atoms with Gasteiger partial charge < -0.3 is 5.32 Å². The van der Waals surface area contributed by atoms with Gasteiger partial charge in [0.25, 0.3) is 0 Å². The smallest absolute Gasteiger partial charge is 0.136 e. The molecule has 0 fully saturated rings. The lowest BCUT2D eigenvalue weighted by Crippen LogP contribution is -1.90. The zero-order valence-corrected chi connectivity index (χ0v) is 13.5. The van der Waals surface area contributed by atoms with E-state index in [1.54, 1.807) is 6.20 Å². The van der Waals surface area contributed by atoms with Crippen molar-refractivity contribution in [3.05, 3.63) is 76.7 Å². The summed E-state index contributed by atoms with van der Waals surface area (Å²) >= 11 is 1.47. The molecule has 0 aliphatic heterocycles. The third-order valence-corrected chi connectivity index (χ3v) is 4.23. The van der Waals surface area contributed by atoms with Crippen LogP contribution in [-0.2, 0) is 0 Å². The van der Waals surface area contributed by atoms with E-state index in [1.165, 1.54) is 16.9 Å². The number of hydrogen-bond donors (Lipinski definition) is 1. The summed E-state index contributed by atoms with van der Waals surface area (Å²) in [7, 11) is 0. The SMILES string of the molecule is Cc1ccc(-c2csc(C(C#N)=CNc3ccccc3)n2)cc1.